The zero-order chi connectivity index (χ0) is 20.4. The number of amides is 2. The van der Waals surface area contributed by atoms with Crippen LogP contribution in [-0.4, -0.2) is 31.0 Å². The summed E-state index contributed by atoms with van der Waals surface area (Å²) in [6, 6.07) is 8.83. The van der Waals surface area contributed by atoms with Crippen molar-refractivity contribution in [2.75, 3.05) is 19.5 Å². The molecule has 3 aromatic rings. The van der Waals surface area contributed by atoms with Crippen molar-refractivity contribution in [2.45, 2.75) is 0 Å². The highest BCUT2D eigenvalue weighted by Gasteiger charge is 2.27. The van der Waals surface area contributed by atoms with Crippen molar-refractivity contribution < 1.29 is 28.4 Å². The second kappa shape index (κ2) is 7.27. The Bertz CT molecular complexity index is 1100. The van der Waals surface area contributed by atoms with Gasteiger partial charge in [0.25, 0.3) is 17.5 Å². The van der Waals surface area contributed by atoms with Crippen LogP contribution < -0.4 is 20.5 Å². The van der Waals surface area contributed by atoms with E-state index in [0.29, 0.717) is 11.0 Å². The van der Waals surface area contributed by atoms with Crippen molar-refractivity contribution in [3.05, 3.63) is 57.8 Å². The number of carbonyl (C=O) groups is 2. The van der Waals surface area contributed by atoms with Gasteiger partial charge in [-0.2, -0.15) is 0 Å². The van der Waals surface area contributed by atoms with Crippen molar-refractivity contribution >= 4 is 34.2 Å². The Morgan fingerprint density at radius 3 is 2.39 bits per heavy atom. The Morgan fingerprint density at radius 1 is 1.14 bits per heavy atom. The van der Waals surface area contributed by atoms with E-state index in [1.165, 1.54) is 20.3 Å². The lowest BCUT2D eigenvalue weighted by atomic mass is 10.1. The van der Waals surface area contributed by atoms with Crippen molar-refractivity contribution in [3.8, 4) is 11.5 Å². The summed E-state index contributed by atoms with van der Waals surface area (Å²) in [4.78, 5) is 35.2. The molecular formula is C18H15N3O7. The molecular weight excluding hydrogens is 370 g/mol. The summed E-state index contributed by atoms with van der Waals surface area (Å²) in [7, 11) is 2.65. The topological polar surface area (TPSA) is 147 Å². The van der Waals surface area contributed by atoms with Crippen LogP contribution in [0, 0.1) is 10.1 Å². The Kier molecular flexibility index (Phi) is 4.86. The van der Waals surface area contributed by atoms with Gasteiger partial charge in [0.15, 0.2) is 11.5 Å². The predicted molar refractivity (Wildman–Crippen MR) is 98.9 cm³/mol. The van der Waals surface area contributed by atoms with Crippen LogP contribution in [0.5, 0.6) is 11.5 Å². The van der Waals surface area contributed by atoms with E-state index < -0.39 is 22.4 Å². The summed E-state index contributed by atoms with van der Waals surface area (Å²) in [5, 5.41) is 14.3. The minimum atomic E-state index is -0.895. The van der Waals surface area contributed by atoms with Gasteiger partial charge in [-0.05, 0) is 12.1 Å². The monoisotopic (exact) mass is 385 g/mol. The fourth-order valence-electron chi connectivity index (χ4n) is 2.73. The average Bonchev–Trinajstić information content (AvgIpc) is 3.05. The Balaban J connectivity index is 2.12. The van der Waals surface area contributed by atoms with Crippen molar-refractivity contribution in [1.29, 1.82) is 0 Å². The van der Waals surface area contributed by atoms with E-state index in [1.54, 1.807) is 24.3 Å². The molecule has 28 heavy (non-hydrogen) atoms. The van der Waals surface area contributed by atoms with Crippen LogP contribution in [0.3, 0.4) is 0 Å². The molecule has 0 aliphatic heterocycles. The zero-order valence-electron chi connectivity index (χ0n) is 14.8. The molecule has 0 spiro atoms. The molecule has 144 valence electrons. The van der Waals surface area contributed by atoms with Gasteiger partial charge in [-0.3, -0.25) is 19.7 Å². The van der Waals surface area contributed by atoms with E-state index in [-0.39, 0.29) is 28.5 Å². The molecule has 0 fully saturated rings. The molecule has 0 aliphatic carbocycles. The number of anilines is 1. The number of benzene rings is 2. The molecule has 0 saturated heterocycles. The van der Waals surface area contributed by atoms with Gasteiger partial charge in [-0.1, -0.05) is 12.1 Å². The van der Waals surface area contributed by atoms with Gasteiger partial charge in [0, 0.05) is 11.5 Å². The normalized spacial score (nSPS) is 10.5. The van der Waals surface area contributed by atoms with E-state index in [9.17, 15) is 19.7 Å². The number of nitrogens with two attached hydrogens (primary N) is 1. The SMILES string of the molecule is COc1cc(C(=O)Nc2c(C(N)=O)oc3ccccc23)c([N+](=O)[O-])cc1OC. The second-order valence-corrected chi connectivity index (χ2v) is 5.60. The summed E-state index contributed by atoms with van der Waals surface area (Å²) >= 11 is 0. The van der Waals surface area contributed by atoms with E-state index in [0.717, 1.165) is 6.07 Å². The lowest BCUT2D eigenvalue weighted by Gasteiger charge is -2.11. The minimum Gasteiger partial charge on any atom is -0.493 e. The van der Waals surface area contributed by atoms with Gasteiger partial charge in [-0.25, -0.2) is 0 Å². The molecule has 2 aromatic carbocycles. The first kappa shape index (κ1) is 18.7. The summed E-state index contributed by atoms with van der Waals surface area (Å²) < 4.78 is 15.5. The van der Waals surface area contributed by atoms with Crippen LogP contribution in [0.25, 0.3) is 11.0 Å². The van der Waals surface area contributed by atoms with Crippen LogP contribution >= 0.6 is 0 Å². The predicted octanol–water partition coefficient (Wildman–Crippen LogP) is 2.71. The summed E-state index contributed by atoms with van der Waals surface area (Å²) in [6.45, 7) is 0. The smallest absolute Gasteiger partial charge is 0.286 e. The van der Waals surface area contributed by atoms with E-state index >= 15 is 0 Å². The molecule has 3 N–H and O–H groups in total. The number of primary amides is 1. The minimum absolute atomic E-state index is 0.0252. The van der Waals surface area contributed by atoms with Crippen LogP contribution in [0.1, 0.15) is 20.9 Å². The van der Waals surface area contributed by atoms with Gasteiger partial charge in [-0.15, -0.1) is 0 Å². The van der Waals surface area contributed by atoms with Crippen LogP contribution in [0.2, 0.25) is 0 Å². The number of fused-ring (bicyclic) bond motifs is 1. The number of nitrogens with one attached hydrogen (secondary N) is 1. The third-order valence-electron chi connectivity index (χ3n) is 4.00. The maximum absolute atomic E-state index is 12.8. The standard InChI is InChI=1S/C18H15N3O7/c1-26-13-7-10(11(21(24)25)8-14(13)27-2)18(23)20-15-9-5-3-4-6-12(9)28-16(15)17(19)22/h3-8H,1-2H3,(H2,19,22)(H,20,23). The van der Waals surface area contributed by atoms with Gasteiger partial charge in [0.05, 0.1) is 25.2 Å². The third kappa shape index (κ3) is 3.18. The fraction of sp³-hybridized carbons (Fsp3) is 0.111. The van der Waals surface area contributed by atoms with Crippen molar-refractivity contribution in [1.82, 2.24) is 0 Å². The van der Waals surface area contributed by atoms with E-state index in [2.05, 4.69) is 5.32 Å². The number of nitro groups is 1. The van der Waals surface area contributed by atoms with Crippen molar-refractivity contribution in [3.63, 3.8) is 0 Å². The number of nitro benzene ring substituents is 1. The molecule has 1 aromatic heterocycles. The number of hydrogen-bond acceptors (Lipinski definition) is 7. The van der Waals surface area contributed by atoms with E-state index in [4.69, 9.17) is 19.6 Å². The van der Waals surface area contributed by atoms with Crippen LogP contribution in [0.4, 0.5) is 11.4 Å². The van der Waals surface area contributed by atoms with E-state index in [1.807, 2.05) is 0 Å². The number of furan rings is 1. The lowest BCUT2D eigenvalue weighted by Crippen LogP contribution is -2.18. The molecule has 1 heterocycles. The molecule has 2 amide bonds. The number of nitrogens with zero attached hydrogens (tertiary/aromatic N) is 1. The molecule has 3 rings (SSSR count). The highest BCUT2D eigenvalue weighted by atomic mass is 16.6. The molecule has 0 unspecified atom stereocenters. The number of ether oxygens (including phenoxy) is 2. The first-order chi connectivity index (χ1) is 13.4. The highest BCUT2D eigenvalue weighted by Crippen LogP contribution is 2.36. The van der Waals surface area contributed by atoms with Crippen LogP contribution in [0.15, 0.2) is 40.8 Å². The quantitative estimate of drug-likeness (QED) is 0.490. The Labute approximate surface area is 158 Å². The van der Waals surface area contributed by atoms with Gasteiger partial charge < -0.3 is 24.9 Å². The Morgan fingerprint density at radius 2 is 1.79 bits per heavy atom. The lowest BCUT2D eigenvalue weighted by molar-refractivity contribution is -0.385. The highest BCUT2D eigenvalue weighted by molar-refractivity contribution is 6.15. The number of para-hydroxylation sites is 1. The van der Waals surface area contributed by atoms with Crippen LogP contribution in [-0.2, 0) is 0 Å². The molecule has 10 nitrogen and oxygen atoms in total. The van der Waals surface area contributed by atoms with Gasteiger partial charge in [0.2, 0.25) is 5.76 Å². The maximum Gasteiger partial charge on any atom is 0.286 e. The first-order valence-corrected chi connectivity index (χ1v) is 7.90. The zero-order valence-corrected chi connectivity index (χ0v) is 14.8. The molecule has 0 saturated carbocycles. The molecule has 0 radical (unpaired) electrons. The molecule has 0 atom stereocenters. The first-order valence-electron chi connectivity index (χ1n) is 7.90. The second-order valence-electron chi connectivity index (χ2n) is 5.60. The average molecular weight is 385 g/mol. The van der Waals surface area contributed by atoms with Gasteiger partial charge >= 0.3 is 0 Å². The Hall–Kier alpha value is -4.08. The molecule has 10 heteroatoms. The number of carbonyl (C=O) groups excluding carboxylic acids is 2. The largest absolute Gasteiger partial charge is 0.493 e. The summed E-state index contributed by atoms with van der Waals surface area (Å²) in [5.74, 6) is -1.78. The van der Waals surface area contributed by atoms with Gasteiger partial charge in [0.1, 0.15) is 16.8 Å². The molecule has 0 bridgehead atoms. The summed E-state index contributed by atoms with van der Waals surface area (Å²) in [6.07, 6.45) is 0. The number of rotatable bonds is 6. The number of hydrogen-bond donors (Lipinski definition) is 2. The summed E-state index contributed by atoms with van der Waals surface area (Å²) in [5.41, 5.74) is 4.89. The maximum atomic E-state index is 12.8. The van der Waals surface area contributed by atoms with Crippen molar-refractivity contribution in [2.24, 2.45) is 5.73 Å². The third-order valence-corrected chi connectivity index (χ3v) is 4.00. The molecule has 0 aliphatic rings. The fourth-order valence-corrected chi connectivity index (χ4v) is 2.73. The number of methoxy groups -OCH3 is 2.